The van der Waals surface area contributed by atoms with E-state index in [9.17, 15) is 0 Å². The number of nitrogens with zero attached hydrogens (tertiary/aromatic N) is 2. The van der Waals surface area contributed by atoms with E-state index in [0.29, 0.717) is 6.04 Å². The first-order valence-corrected chi connectivity index (χ1v) is 7.53. The van der Waals surface area contributed by atoms with Crippen LogP contribution < -0.4 is 5.32 Å². The average molecular weight is 245 g/mol. The second-order valence-electron chi connectivity index (χ2n) is 5.69. The molecule has 0 aliphatic heterocycles. The van der Waals surface area contributed by atoms with Gasteiger partial charge in [0.2, 0.25) is 0 Å². The normalized spacial score (nSPS) is 21.1. The van der Waals surface area contributed by atoms with Crippen molar-refractivity contribution >= 4 is 5.82 Å². The first kappa shape index (κ1) is 11.9. The molecule has 0 saturated heterocycles. The smallest absolute Gasteiger partial charge is 0.133 e. The number of anilines is 1. The number of rotatable bonds is 2. The fourth-order valence-electron chi connectivity index (χ4n) is 3.26. The van der Waals surface area contributed by atoms with E-state index in [1.54, 1.807) is 6.33 Å². The molecule has 0 unspecified atom stereocenters. The fourth-order valence-corrected chi connectivity index (χ4v) is 3.26. The van der Waals surface area contributed by atoms with E-state index >= 15 is 0 Å². The maximum absolute atomic E-state index is 4.51. The highest BCUT2D eigenvalue weighted by Crippen LogP contribution is 2.27. The lowest BCUT2D eigenvalue weighted by molar-refractivity contribution is 0.461. The average Bonchev–Trinajstić information content (AvgIpc) is 2.66. The zero-order chi connectivity index (χ0) is 12.2. The van der Waals surface area contributed by atoms with Gasteiger partial charge in [0.1, 0.15) is 12.1 Å². The summed E-state index contributed by atoms with van der Waals surface area (Å²) >= 11 is 0. The third-order valence-electron chi connectivity index (χ3n) is 4.32. The first-order valence-electron chi connectivity index (χ1n) is 7.53. The molecule has 3 nitrogen and oxygen atoms in total. The summed E-state index contributed by atoms with van der Waals surface area (Å²) in [4.78, 5) is 8.99. The molecule has 1 N–H and O–H groups in total. The molecule has 1 fully saturated rings. The SMILES string of the molecule is c1nc2c(c(NC3CCCCC3)n1)CCCCC2. The summed E-state index contributed by atoms with van der Waals surface area (Å²) in [7, 11) is 0. The van der Waals surface area contributed by atoms with Crippen molar-refractivity contribution in [3.8, 4) is 0 Å². The predicted molar refractivity (Wildman–Crippen MR) is 73.8 cm³/mol. The van der Waals surface area contributed by atoms with Gasteiger partial charge in [0.05, 0.1) is 0 Å². The largest absolute Gasteiger partial charge is 0.367 e. The van der Waals surface area contributed by atoms with Crippen LogP contribution in [0.5, 0.6) is 0 Å². The van der Waals surface area contributed by atoms with Crippen molar-refractivity contribution in [3.63, 3.8) is 0 Å². The molecule has 1 saturated carbocycles. The van der Waals surface area contributed by atoms with Gasteiger partial charge in [-0.05, 0) is 38.5 Å². The Morgan fingerprint density at radius 1 is 0.889 bits per heavy atom. The van der Waals surface area contributed by atoms with Gasteiger partial charge in [0.25, 0.3) is 0 Å². The third-order valence-corrected chi connectivity index (χ3v) is 4.32. The van der Waals surface area contributed by atoms with Crippen molar-refractivity contribution in [2.24, 2.45) is 0 Å². The Morgan fingerprint density at radius 2 is 1.67 bits per heavy atom. The Bertz CT molecular complexity index is 397. The minimum atomic E-state index is 0.640. The maximum atomic E-state index is 4.51. The lowest BCUT2D eigenvalue weighted by atomic mass is 9.95. The van der Waals surface area contributed by atoms with Gasteiger partial charge in [-0.25, -0.2) is 9.97 Å². The van der Waals surface area contributed by atoms with E-state index in [2.05, 4.69) is 15.3 Å². The molecule has 2 aliphatic carbocycles. The number of aryl methyl sites for hydroxylation is 1. The van der Waals surface area contributed by atoms with Gasteiger partial charge in [0, 0.05) is 17.3 Å². The quantitative estimate of drug-likeness (QED) is 0.810. The molecular weight excluding hydrogens is 222 g/mol. The number of hydrogen-bond acceptors (Lipinski definition) is 3. The minimum Gasteiger partial charge on any atom is -0.367 e. The number of nitrogens with one attached hydrogen (secondary N) is 1. The summed E-state index contributed by atoms with van der Waals surface area (Å²) in [5.74, 6) is 1.13. The lowest BCUT2D eigenvalue weighted by Gasteiger charge is -2.24. The Kier molecular flexibility index (Phi) is 3.77. The zero-order valence-electron chi connectivity index (χ0n) is 11.1. The van der Waals surface area contributed by atoms with E-state index < -0.39 is 0 Å². The molecule has 0 atom stereocenters. The van der Waals surface area contributed by atoms with E-state index in [4.69, 9.17) is 0 Å². The van der Waals surface area contributed by atoms with Crippen LogP contribution in [0.15, 0.2) is 6.33 Å². The van der Waals surface area contributed by atoms with E-state index in [-0.39, 0.29) is 0 Å². The van der Waals surface area contributed by atoms with Crippen LogP contribution in [0.25, 0.3) is 0 Å². The molecule has 3 rings (SSSR count). The van der Waals surface area contributed by atoms with Crippen LogP contribution in [0.4, 0.5) is 5.82 Å². The molecule has 0 spiro atoms. The lowest BCUT2D eigenvalue weighted by Crippen LogP contribution is -2.24. The monoisotopic (exact) mass is 245 g/mol. The van der Waals surface area contributed by atoms with Crippen molar-refractivity contribution in [3.05, 3.63) is 17.6 Å². The molecule has 1 aromatic rings. The van der Waals surface area contributed by atoms with Gasteiger partial charge in [0.15, 0.2) is 0 Å². The Balaban J connectivity index is 1.78. The standard InChI is InChI=1S/C15H23N3/c1-3-7-12(8-4-1)18-15-13-9-5-2-6-10-14(13)16-11-17-15/h11-12H,1-10H2,(H,16,17,18). The molecular formula is C15H23N3. The highest BCUT2D eigenvalue weighted by Gasteiger charge is 2.18. The Labute approximate surface area is 109 Å². The van der Waals surface area contributed by atoms with Crippen molar-refractivity contribution in [2.45, 2.75) is 70.3 Å². The highest BCUT2D eigenvalue weighted by molar-refractivity contribution is 5.47. The van der Waals surface area contributed by atoms with Gasteiger partial charge < -0.3 is 5.32 Å². The maximum Gasteiger partial charge on any atom is 0.133 e. The topological polar surface area (TPSA) is 37.8 Å². The summed E-state index contributed by atoms with van der Waals surface area (Å²) in [6, 6.07) is 0.640. The molecule has 0 bridgehead atoms. The van der Waals surface area contributed by atoms with Crippen molar-refractivity contribution < 1.29 is 0 Å². The van der Waals surface area contributed by atoms with Crippen molar-refractivity contribution in [2.75, 3.05) is 5.32 Å². The summed E-state index contributed by atoms with van der Waals surface area (Å²) < 4.78 is 0. The summed E-state index contributed by atoms with van der Waals surface area (Å²) in [6.45, 7) is 0. The van der Waals surface area contributed by atoms with Gasteiger partial charge in [-0.15, -0.1) is 0 Å². The van der Waals surface area contributed by atoms with Crippen molar-refractivity contribution in [1.29, 1.82) is 0 Å². The number of fused-ring (bicyclic) bond motifs is 1. The molecule has 1 heterocycles. The minimum absolute atomic E-state index is 0.640. The van der Waals surface area contributed by atoms with Crippen LogP contribution in [0.3, 0.4) is 0 Å². The summed E-state index contributed by atoms with van der Waals surface area (Å²) in [5, 5.41) is 3.69. The van der Waals surface area contributed by atoms with E-state index in [0.717, 1.165) is 18.7 Å². The van der Waals surface area contributed by atoms with Crippen LogP contribution in [0.2, 0.25) is 0 Å². The Morgan fingerprint density at radius 3 is 2.56 bits per heavy atom. The second-order valence-corrected chi connectivity index (χ2v) is 5.69. The second kappa shape index (κ2) is 5.68. The first-order chi connectivity index (χ1) is 8.93. The number of hydrogen-bond donors (Lipinski definition) is 1. The van der Waals surface area contributed by atoms with Gasteiger partial charge >= 0.3 is 0 Å². The van der Waals surface area contributed by atoms with Gasteiger partial charge in [-0.2, -0.15) is 0 Å². The van der Waals surface area contributed by atoms with Crippen LogP contribution in [0, 0.1) is 0 Å². The molecule has 0 radical (unpaired) electrons. The summed E-state index contributed by atoms with van der Waals surface area (Å²) in [5.41, 5.74) is 2.70. The fraction of sp³-hybridized carbons (Fsp3) is 0.733. The molecule has 98 valence electrons. The molecule has 0 aromatic carbocycles. The van der Waals surface area contributed by atoms with Crippen molar-refractivity contribution in [1.82, 2.24) is 9.97 Å². The molecule has 18 heavy (non-hydrogen) atoms. The molecule has 0 amide bonds. The zero-order valence-corrected chi connectivity index (χ0v) is 11.1. The van der Waals surface area contributed by atoms with Gasteiger partial charge in [-0.1, -0.05) is 25.7 Å². The number of aromatic nitrogens is 2. The molecule has 3 heteroatoms. The predicted octanol–water partition coefficient (Wildman–Crippen LogP) is 3.49. The Hall–Kier alpha value is -1.12. The van der Waals surface area contributed by atoms with Gasteiger partial charge in [-0.3, -0.25) is 0 Å². The van der Waals surface area contributed by atoms with E-state index in [1.165, 1.54) is 62.6 Å². The van der Waals surface area contributed by atoms with E-state index in [1.807, 2.05) is 0 Å². The van der Waals surface area contributed by atoms with Crippen LogP contribution in [-0.2, 0) is 12.8 Å². The summed E-state index contributed by atoms with van der Waals surface area (Å²) in [6.07, 6.45) is 14.7. The third kappa shape index (κ3) is 2.65. The highest BCUT2D eigenvalue weighted by atomic mass is 15.0. The van der Waals surface area contributed by atoms with Crippen LogP contribution in [-0.4, -0.2) is 16.0 Å². The molecule has 1 aromatic heterocycles. The van der Waals surface area contributed by atoms with Crippen LogP contribution >= 0.6 is 0 Å². The van der Waals surface area contributed by atoms with Crippen LogP contribution in [0.1, 0.15) is 62.6 Å². The molecule has 2 aliphatic rings.